The number of hydrogen-bond acceptors (Lipinski definition) is 3. The van der Waals surface area contributed by atoms with Crippen molar-refractivity contribution in [2.75, 3.05) is 36.8 Å². The van der Waals surface area contributed by atoms with Crippen molar-refractivity contribution in [1.82, 2.24) is 4.90 Å². The predicted molar refractivity (Wildman–Crippen MR) is 115 cm³/mol. The number of amides is 1. The van der Waals surface area contributed by atoms with Gasteiger partial charge in [-0.3, -0.25) is 4.79 Å². The maximum atomic E-state index is 12.5. The highest BCUT2D eigenvalue weighted by Crippen LogP contribution is 2.25. The van der Waals surface area contributed by atoms with Crippen molar-refractivity contribution in [3.8, 4) is 0 Å². The Morgan fingerprint density at radius 3 is 2.50 bits per heavy atom. The van der Waals surface area contributed by atoms with E-state index in [1.807, 2.05) is 35.2 Å². The van der Waals surface area contributed by atoms with E-state index in [2.05, 4.69) is 39.9 Å². The molecule has 1 heterocycles. The summed E-state index contributed by atoms with van der Waals surface area (Å²) in [6, 6.07) is 14.2. The van der Waals surface area contributed by atoms with Crippen LogP contribution in [0.2, 0.25) is 5.02 Å². The summed E-state index contributed by atoms with van der Waals surface area (Å²) in [4.78, 5) is 16.8. The third kappa shape index (κ3) is 5.18. The lowest BCUT2D eigenvalue weighted by molar-refractivity contribution is -0.128. The lowest BCUT2D eigenvalue weighted by Crippen LogP contribution is -2.49. The average molecular weight is 454 g/mol. The summed E-state index contributed by atoms with van der Waals surface area (Å²) in [7, 11) is 0. The fraction of sp³-hybridized carbons (Fsp3) is 0.350. The van der Waals surface area contributed by atoms with E-state index in [0.29, 0.717) is 5.75 Å². The normalized spacial score (nSPS) is 14.6. The largest absolute Gasteiger partial charge is 0.368 e. The van der Waals surface area contributed by atoms with Crippen LogP contribution in [0.1, 0.15) is 11.1 Å². The fourth-order valence-corrected chi connectivity index (χ4v) is 4.37. The van der Waals surface area contributed by atoms with Gasteiger partial charge >= 0.3 is 0 Å². The van der Waals surface area contributed by atoms with Gasteiger partial charge in [-0.15, -0.1) is 11.8 Å². The first-order valence-electron chi connectivity index (χ1n) is 8.64. The second-order valence-electron chi connectivity index (χ2n) is 6.42. The van der Waals surface area contributed by atoms with E-state index in [4.69, 9.17) is 11.6 Å². The first-order chi connectivity index (χ1) is 12.5. The second-order valence-corrected chi connectivity index (χ2v) is 8.76. The van der Waals surface area contributed by atoms with Crippen molar-refractivity contribution in [3.63, 3.8) is 0 Å². The molecule has 0 N–H and O–H groups in total. The minimum absolute atomic E-state index is 0.231. The SMILES string of the molecule is Cc1ccc(Cl)cc1N1CCN(C(=O)CSCc2ccc(Br)cc2)CC1. The maximum Gasteiger partial charge on any atom is 0.232 e. The molecule has 2 aromatic carbocycles. The first-order valence-corrected chi connectivity index (χ1v) is 11.0. The Labute approximate surface area is 172 Å². The van der Waals surface area contributed by atoms with Gasteiger partial charge in [-0.25, -0.2) is 0 Å². The quantitative estimate of drug-likeness (QED) is 0.637. The van der Waals surface area contributed by atoms with Gasteiger partial charge in [0.15, 0.2) is 0 Å². The monoisotopic (exact) mass is 452 g/mol. The number of hydrogen-bond donors (Lipinski definition) is 0. The van der Waals surface area contributed by atoms with Crippen molar-refractivity contribution < 1.29 is 4.79 Å². The van der Waals surface area contributed by atoms with Crippen LogP contribution in [0, 0.1) is 6.92 Å². The van der Waals surface area contributed by atoms with Gasteiger partial charge in [-0.05, 0) is 42.3 Å². The number of piperazine rings is 1. The molecule has 1 aliphatic rings. The lowest BCUT2D eigenvalue weighted by Gasteiger charge is -2.37. The van der Waals surface area contributed by atoms with Crippen molar-refractivity contribution in [1.29, 1.82) is 0 Å². The molecule has 3 nitrogen and oxygen atoms in total. The highest BCUT2D eigenvalue weighted by molar-refractivity contribution is 9.10. The number of halogens is 2. The molecule has 0 spiro atoms. The zero-order valence-corrected chi connectivity index (χ0v) is 17.9. The summed E-state index contributed by atoms with van der Waals surface area (Å²) in [5.41, 5.74) is 3.64. The molecular formula is C20H22BrClN2OS. The van der Waals surface area contributed by atoms with Crippen LogP contribution >= 0.6 is 39.3 Å². The van der Waals surface area contributed by atoms with Crippen LogP contribution in [-0.2, 0) is 10.5 Å². The van der Waals surface area contributed by atoms with E-state index in [0.717, 1.165) is 41.4 Å². The second kappa shape index (κ2) is 9.16. The summed E-state index contributed by atoms with van der Waals surface area (Å²) >= 11 is 11.3. The number of thioether (sulfide) groups is 1. The number of aryl methyl sites for hydroxylation is 1. The molecule has 138 valence electrons. The van der Waals surface area contributed by atoms with Crippen molar-refractivity contribution >= 4 is 50.9 Å². The molecular weight excluding hydrogens is 432 g/mol. The lowest BCUT2D eigenvalue weighted by atomic mass is 10.1. The molecule has 6 heteroatoms. The Hall–Kier alpha value is -1.17. The van der Waals surface area contributed by atoms with Gasteiger partial charge in [0.1, 0.15) is 0 Å². The number of carbonyl (C=O) groups excluding carboxylic acids is 1. The Morgan fingerprint density at radius 1 is 1.12 bits per heavy atom. The number of nitrogens with zero attached hydrogens (tertiary/aromatic N) is 2. The molecule has 26 heavy (non-hydrogen) atoms. The van der Waals surface area contributed by atoms with Crippen LogP contribution in [0.5, 0.6) is 0 Å². The Bertz CT molecular complexity index is 761. The molecule has 1 aliphatic heterocycles. The Kier molecular flexibility index (Phi) is 6.90. The van der Waals surface area contributed by atoms with Crippen LogP contribution in [0.25, 0.3) is 0 Å². The first kappa shape index (κ1) is 19.6. The Balaban J connectivity index is 1.46. The smallest absolute Gasteiger partial charge is 0.232 e. The average Bonchev–Trinajstić information content (AvgIpc) is 2.65. The van der Waals surface area contributed by atoms with E-state index in [1.54, 1.807) is 11.8 Å². The van der Waals surface area contributed by atoms with Crippen LogP contribution < -0.4 is 4.90 Å². The summed E-state index contributed by atoms with van der Waals surface area (Å²) in [5.74, 6) is 1.63. The van der Waals surface area contributed by atoms with E-state index < -0.39 is 0 Å². The summed E-state index contributed by atoms with van der Waals surface area (Å²) < 4.78 is 1.08. The zero-order chi connectivity index (χ0) is 18.5. The highest BCUT2D eigenvalue weighted by atomic mass is 79.9. The van der Waals surface area contributed by atoms with Crippen LogP contribution in [0.4, 0.5) is 5.69 Å². The van der Waals surface area contributed by atoms with Gasteiger partial charge in [0.2, 0.25) is 5.91 Å². The molecule has 0 radical (unpaired) electrons. The third-order valence-corrected chi connectivity index (χ3v) is 6.30. The minimum atomic E-state index is 0.231. The number of rotatable bonds is 5. The number of benzene rings is 2. The predicted octanol–water partition coefficient (Wildman–Crippen LogP) is 4.99. The highest BCUT2D eigenvalue weighted by Gasteiger charge is 2.22. The fourth-order valence-electron chi connectivity index (χ4n) is 3.05. The van der Waals surface area contributed by atoms with Crippen molar-refractivity contribution in [2.24, 2.45) is 0 Å². The molecule has 0 saturated carbocycles. The molecule has 1 saturated heterocycles. The van der Waals surface area contributed by atoms with Gasteiger partial charge in [0.25, 0.3) is 0 Å². The minimum Gasteiger partial charge on any atom is -0.368 e. The van der Waals surface area contributed by atoms with Gasteiger partial charge in [-0.2, -0.15) is 0 Å². The molecule has 1 fully saturated rings. The van der Waals surface area contributed by atoms with Crippen LogP contribution in [-0.4, -0.2) is 42.7 Å². The van der Waals surface area contributed by atoms with Crippen LogP contribution in [0.3, 0.4) is 0 Å². The van der Waals surface area contributed by atoms with Gasteiger partial charge < -0.3 is 9.80 Å². The number of carbonyl (C=O) groups is 1. The van der Waals surface area contributed by atoms with Crippen molar-refractivity contribution in [3.05, 3.63) is 63.1 Å². The van der Waals surface area contributed by atoms with E-state index >= 15 is 0 Å². The molecule has 2 aromatic rings. The molecule has 1 amide bonds. The van der Waals surface area contributed by atoms with Crippen LogP contribution in [0.15, 0.2) is 46.9 Å². The molecule has 0 bridgehead atoms. The van der Waals surface area contributed by atoms with Gasteiger partial charge in [0, 0.05) is 47.1 Å². The maximum absolute atomic E-state index is 12.5. The van der Waals surface area contributed by atoms with Gasteiger partial charge in [0.05, 0.1) is 5.75 Å². The molecule has 0 aromatic heterocycles. The summed E-state index contributed by atoms with van der Waals surface area (Å²) in [6.45, 7) is 5.34. The standard InChI is InChI=1S/C20H22BrClN2OS/c1-15-2-7-18(22)12-19(15)23-8-10-24(11-9-23)20(25)14-26-13-16-3-5-17(21)6-4-16/h2-7,12H,8-11,13-14H2,1H3. The van der Waals surface area contributed by atoms with Crippen molar-refractivity contribution in [2.45, 2.75) is 12.7 Å². The van der Waals surface area contributed by atoms with E-state index in [-0.39, 0.29) is 5.91 Å². The molecule has 3 rings (SSSR count). The summed E-state index contributed by atoms with van der Waals surface area (Å²) in [5, 5.41) is 0.758. The molecule has 0 aliphatic carbocycles. The molecule has 0 atom stereocenters. The van der Waals surface area contributed by atoms with E-state index in [9.17, 15) is 4.79 Å². The number of anilines is 1. The zero-order valence-electron chi connectivity index (χ0n) is 14.8. The molecule has 0 unspecified atom stereocenters. The Morgan fingerprint density at radius 2 is 1.81 bits per heavy atom. The van der Waals surface area contributed by atoms with E-state index in [1.165, 1.54) is 16.8 Å². The van der Waals surface area contributed by atoms with Gasteiger partial charge in [-0.1, -0.05) is 45.7 Å². The topological polar surface area (TPSA) is 23.6 Å². The third-order valence-electron chi connectivity index (χ3n) is 4.55. The summed E-state index contributed by atoms with van der Waals surface area (Å²) in [6.07, 6.45) is 0.